The molecule has 1 aromatic rings. The quantitative estimate of drug-likeness (QED) is 0.740. The maximum Gasteiger partial charge on any atom is 0.246 e. The predicted octanol–water partition coefficient (Wildman–Crippen LogP) is -0.183. The lowest BCUT2D eigenvalue weighted by atomic mass is 9.98. The second-order valence-electron chi connectivity index (χ2n) is 4.59. The van der Waals surface area contributed by atoms with Gasteiger partial charge in [0.1, 0.15) is 10.7 Å². The van der Waals surface area contributed by atoms with Crippen LogP contribution in [0.2, 0.25) is 0 Å². The molecule has 2 N–H and O–H groups in total. The number of piperazine rings is 1. The van der Waals surface area contributed by atoms with Gasteiger partial charge in [-0.05, 0) is 13.8 Å². The maximum atomic E-state index is 11.8. The van der Waals surface area contributed by atoms with E-state index in [1.54, 1.807) is 25.8 Å². The molecule has 1 saturated heterocycles. The number of nitrogens with one attached hydrogen (secondary N) is 2. The normalized spacial score (nSPS) is 19.7. The van der Waals surface area contributed by atoms with Crippen molar-refractivity contribution in [1.82, 2.24) is 19.8 Å². The highest BCUT2D eigenvalue weighted by atomic mass is 32.1. The lowest BCUT2D eigenvalue weighted by Crippen LogP contribution is -2.63. The first kappa shape index (κ1) is 12.9. The molecule has 1 aromatic heterocycles. The zero-order chi connectivity index (χ0) is 13.3. The fourth-order valence-corrected chi connectivity index (χ4v) is 2.29. The Morgan fingerprint density at radius 2 is 2.22 bits per heavy atom. The summed E-state index contributed by atoms with van der Waals surface area (Å²) in [5, 5.41) is 10.2. The summed E-state index contributed by atoms with van der Waals surface area (Å²) < 4.78 is 3.86. The maximum absolute atomic E-state index is 11.8. The molecule has 98 valence electrons. The number of carbonyl (C=O) groups is 2. The Balaban J connectivity index is 2.21. The van der Waals surface area contributed by atoms with Gasteiger partial charge < -0.3 is 5.32 Å². The Morgan fingerprint density at radius 3 is 2.89 bits per heavy atom. The average Bonchev–Trinajstić information content (AvgIpc) is 2.73. The molecule has 1 aliphatic rings. The second kappa shape index (κ2) is 4.62. The minimum atomic E-state index is -0.734. The van der Waals surface area contributed by atoms with Crippen LogP contribution in [0.5, 0.6) is 0 Å². The molecule has 0 aliphatic carbocycles. The molecule has 2 amide bonds. The van der Waals surface area contributed by atoms with Gasteiger partial charge in [-0.3, -0.25) is 19.8 Å². The minimum absolute atomic E-state index is 0.180. The number of hydrogen-bond donors (Lipinski definition) is 2. The van der Waals surface area contributed by atoms with Crippen molar-refractivity contribution in [1.29, 1.82) is 0 Å². The third-order valence-electron chi connectivity index (χ3n) is 3.06. The number of rotatable bonds is 3. The Morgan fingerprint density at radius 1 is 1.50 bits per heavy atom. The van der Waals surface area contributed by atoms with Crippen molar-refractivity contribution in [2.24, 2.45) is 0 Å². The molecule has 8 heteroatoms. The highest BCUT2D eigenvalue weighted by Crippen LogP contribution is 2.24. The number of nitrogens with zero attached hydrogens (tertiary/aromatic N) is 3. The van der Waals surface area contributed by atoms with Crippen LogP contribution in [-0.4, -0.2) is 45.4 Å². The molecule has 0 unspecified atom stereocenters. The lowest BCUT2D eigenvalue weighted by Gasteiger charge is -2.39. The van der Waals surface area contributed by atoms with E-state index in [9.17, 15) is 9.59 Å². The van der Waals surface area contributed by atoms with Gasteiger partial charge >= 0.3 is 0 Å². The fourth-order valence-electron chi connectivity index (χ4n) is 1.77. The molecule has 0 spiro atoms. The van der Waals surface area contributed by atoms with Crippen LogP contribution in [0, 0.1) is 0 Å². The van der Waals surface area contributed by atoms with Gasteiger partial charge in [0, 0.05) is 25.1 Å². The van der Waals surface area contributed by atoms with Crippen molar-refractivity contribution >= 4 is 28.3 Å². The summed E-state index contributed by atoms with van der Waals surface area (Å²) >= 11 is 1.26. The highest BCUT2D eigenvalue weighted by Gasteiger charge is 2.41. The van der Waals surface area contributed by atoms with Gasteiger partial charge in [-0.25, -0.2) is 0 Å². The SMILES string of the molecule is CNc1snnc1CN1CC(=O)NC(=O)C1(C)C. The molecule has 2 heterocycles. The van der Waals surface area contributed by atoms with E-state index >= 15 is 0 Å². The van der Waals surface area contributed by atoms with Gasteiger partial charge in [0.15, 0.2) is 0 Å². The Kier molecular flexibility index (Phi) is 3.31. The lowest BCUT2D eigenvalue weighted by molar-refractivity contribution is -0.145. The molecule has 1 aliphatic heterocycles. The van der Waals surface area contributed by atoms with Crippen molar-refractivity contribution in [2.75, 3.05) is 18.9 Å². The Labute approximate surface area is 109 Å². The van der Waals surface area contributed by atoms with E-state index in [1.807, 2.05) is 0 Å². The first-order chi connectivity index (χ1) is 8.45. The molecule has 0 bridgehead atoms. The van der Waals surface area contributed by atoms with E-state index in [-0.39, 0.29) is 18.4 Å². The third kappa shape index (κ3) is 2.21. The summed E-state index contributed by atoms with van der Waals surface area (Å²) in [6, 6.07) is 0. The van der Waals surface area contributed by atoms with E-state index < -0.39 is 5.54 Å². The van der Waals surface area contributed by atoms with E-state index in [2.05, 4.69) is 20.2 Å². The van der Waals surface area contributed by atoms with Crippen LogP contribution in [0.1, 0.15) is 19.5 Å². The molecule has 18 heavy (non-hydrogen) atoms. The van der Waals surface area contributed by atoms with Gasteiger partial charge in [0.2, 0.25) is 11.8 Å². The van der Waals surface area contributed by atoms with Crippen LogP contribution in [0.4, 0.5) is 5.00 Å². The number of imide groups is 1. The van der Waals surface area contributed by atoms with Gasteiger partial charge in [-0.1, -0.05) is 4.49 Å². The largest absolute Gasteiger partial charge is 0.377 e. The van der Waals surface area contributed by atoms with E-state index in [1.165, 1.54) is 11.5 Å². The number of amides is 2. The topological polar surface area (TPSA) is 87.2 Å². The van der Waals surface area contributed by atoms with Gasteiger partial charge in [-0.2, -0.15) is 0 Å². The summed E-state index contributed by atoms with van der Waals surface area (Å²) in [6.45, 7) is 4.17. The minimum Gasteiger partial charge on any atom is -0.377 e. The van der Waals surface area contributed by atoms with Crippen LogP contribution < -0.4 is 10.6 Å². The van der Waals surface area contributed by atoms with Gasteiger partial charge in [0.05, 0.1) is 12.1 Å². The van der Waals surface area contributed by atoms with E-state index in [0.29, 0.717) is 6.54 Å². The number of anilines is 1. The van der Waals surface area contributed by atoms with Crippen molar-refractivity contribution in [2.45, 2.75) is 25.9 Å². The molecule has 0 aromatic carbocycles. The van der Waals surface area contributed by atoms with Crippen molar-refractivity contribution in [3.05, 3.63) is 5.69 Å². The van der Waals surface area contributed by atoms with Gasteiger partial charge in [0.25, 0.3) is 0 Å². The summed E-state index contributed by atoms with van der Waals surface area (Å²) in [4.78, 5) is 25.0. The smallest absolute Gasteiger partial charge is 0.246 e. The summed E-state index contributed by atoms with van der Waals surface area (Å²) in [7, 11) is 1.79. The Hall–Kier alpha value is -1.54. The predicted molar refractivity (Wildman–Crippen MR) is 67.1 cm³/mol. The number of aromatic nitrogens is 2. The standard InChI is InChI=1S/C10H15N5O2S/c1-10(2)9(17)12-7(16)5-15(10)4-6-8(11-3)18-14-13-6/h11H,4-5H2,1-3H3,(H,12,16,17). The Bertz CT molecular complexity index is 484. The average molecular weight is 269 g/mol. The first-order valence-corrected chi connectivity index (χ1v) is 6.31. The molecule has 7 nitrogen and oxygen atoms in total. The molecular formula is C10H15N5O2S. The third-order valence-corrected chi connectivity index (χ3v) is 3.84. The summed E-state index contributed by atoms with van der Waals surface area (Å²) in [5.74, 6) is -0.568. The van der Waals surface area contributed by atoms with Crippen LogP contribution >= 0.6 is 11.5 Å². The highest BCUT2D eigenvalue weighted by molar-refractivity contribution is 7.10. The monoisotopic (exact) mass is 269 g/mol. The number of hydrogen-bond acceptors (Lipinski definition) is 7. The van der Waals surface area contributed by atoms with E-state index in [4.69, 9.17) is 0 Å². The zero-order valence-corrected chi connectivity index (χ0v) is 11.3. The van der Waals surface area contributed by atoms with Crippen LogP contribution in [-0.2, 0) is 16.1 Å². The van der Waals surface area contributed by atoms with Crippen LogP contribution in [0.15, 0.2) is 0 Å². The molecule has 1 fully saturated rings. The van der Waals surface area contributed by atoms with Crippen molar-refractivity contribution in [3.8, 4) is 0 Å². The van der Waals surface area contributed by atoms with Crippen molar-refractivity contribution in [3.63, 3.8) is 0 Å². The summed E-state index contributed by atoms with van der Waals surface area (Å²) in [5.41, 5.74) is 0.0146. The van der Waals surface area contributed by atoms with Crippen LogP contribution in [0.25, 0.3) is 0 Å². The molecule has 2 rings (SSSR count). The van der Waals surface area contributed by atoms with E-state index in [0.717, 1.165) is 10.7 Å². The van der Waals surface area contributed by atoms with Crippen molar-refractivity contribution < 1.29 is 9.59 Å². The molecular weight excluding hydrogens is 254 g/mol. The number of carbonyl (C=O) groups excluding carboxylic acids is 2. The van der Waals surface area contributed by atoms with Crippen LogP contribution in [0.3, 0.4) is 0 Å². The molecule has 0 atom stereocenters. The first-order valence-electron chi connectivity index (χ1n) is 5.53. The zero-order valence-electron chi connectivity index (χ0n) is 10.5. The second-order valence-corrected chi connectivity index (χ2v) is 5.35. The summed E-state index contributed by atoms with van der Waals surface area (Å²) in [6.07, 6.45) is 0. The van der Waals surface area contributed by atoms with Gasteiger partial charge in [-0.15, -0.1) is 5.10 Å². The molecule has 0 saturated carbocycles. The molecule has 0 radical (unpaired) electrons. The fraction of sp³-hybridized carbons (Fsp3) is 0.600.